The van der Waals surface area contributed by atoms with Crippen LogP contribution in [-0.4, -0.2) is 39.5 Å². The Bertz CT molecular complexity index is 1220. The quantitative estimate of drug-likeness (QED) is 0.488. The van der Waals surface area contributed by atoms with Gasteiger partial charge >= 0.3 is 5.97 Å². The molecule has 3 N–H and O–H groups in total. The molecule has 1 saturated carbocycles. The zero-order valence-electron chi connectivity index (χ0n) is 19.4. The lowest BCUT2D eigenvalue weighted by Crippen LogP contribution is -2.39. The summed E-state index contributed by atoms with van der Waals surface area (Å²) in [5.41, 5.74) is 3.24. The SMILES string of the molecule is CC1(C)C[C@H]2C[C@](C)(CN2[C@H](C(=O)O)c2c[nH]c3cc(NC(=O)c4ccccc4)ccc23)C1. The third-order valence-electron chi connectivity index (χ3n) is 7.32. The zero-order valence-corrected chi connectivity index (χ0v) is 19.4. The van der Waals surface area contributed by atoms with Crippen molar-refractivity contribution in [1.29, 1.82) is 0 Å². The van der Waals surface area contributed by atoms with Crippen molar-refractivity contribution in [3.8, 4) is 0 Å². The first-order chi connectivity index (χ1) is 15.6. The summed E-state index contributed by atoms with van der Waals surface area (Å²) in [6.45, 7) is 7.70. The number of hydrogen-bond donors (Lipinski definition) is 3. The van der Waals surface area contributed by atoms with Gasteiger partial charge in [-0.2, -0.15) is 0 Å². The number of carboxylic acids is 1. The highest BCUT2D eigenvalue weighted by molar-refractivity contribution is 6.05. The summed E-state index contributed by atoms with van der Waals surface area (Å²) in [5.74, 6) is -0.989. The van der Waals surface area contributed by atoms with Gasteiger partial charge in [0.05, 0.1) is 0 Å². The molecule has 172 valence electrons. The number of carbonyl (C=O) groups excluding carboxylic acids is 1. The van der Waals surface area contributed by atoms with Crippen LogP contribution in [0, 0.1) is 10.8 Å². The van der Waals surface area contributed by atoms with Gasteiger partial charge in [0.1, 0.15) is 6.04 Å². The van der Waals surface area contributed by atoms with Crippen LogP contribution in [0.15, 0.2) is 54.7 Å². The van der Waals surface area contributed by atoms with Gasteiger partial charge in [-0.05, 0) is 54.4 Å². The second-order valence-electron chi connectivity index (χ2n) is 11.0. The van der Waals surface area contributed by atoms with Crippen molar-refractivity contribution in [2.45, 2.75) is 52.1 Å². The molecular formula is C27H31N3O3. The predicted molar refractivity (Wildman–Crippen MR) is 129 cm³/mol. The molecule has 3 atom stereocenters. The highest BCUT2D eigenvalue weighted by atomic mass is 16.4. The van der Waals surface area contributed by atoms with E-state index in [-0.39, 0.29) is 22.8 Å². The Balaban J connectivity index is 1.44. The Morgan fingerprint density at radius 1 is 1.12 bits per heavy atom. The van der Waals surface area contributed by atoms with Gasteiger partial charge in [-0.1, -0.05) is 45.0 Å². The van der Waals surface area contributed by atoms with Crippen LogP contribution in [0.2, 0.25) is 0 Å². The van der Waals surface area contributed by atoms with Gasteiger partial charge in [-0.3, -0.25) is 14.5 Å². The van der Waals surface area contributed by atoms with Crippen molar-refractivity contribution in [2.24, 2.45) is 10.8 Å². The van der Waals surface area contributed by atoms with Gasteiger partial charge in [0, 0.05) is 46.5 Å². The molecule has 5 rings (SSSR count). The molecule has 1 aliphatic carbocycles. The fraction of sp³-hybridized carbons (Fsp3) is 0.407. The smallest absolute Gasteiger partial charge is 0.325 e. The Morgan fingerprint density at radius 2 is 1.88 bits per heavy atom. The van der Waals surface area contributed by atoms with Crippen LogP contribution in [0.3, 0.4) is 0 Å². The monoisotopic (exact) mass is 445 g/mol. The molecular weight excluding hydrogens is 414 g/mol. The highest BCUT2D eigenvalue weighted by Gasteiger charge is 2.52. The van der Waals surface area contributed by atoms with Gasteiger partial charge < -0.3 is 15.4 Å². The second-order valence-corrected chi connectivity index (χ2v) is 11.0. The van der Waals surface area contributed by atoms with Crippen molar-refractivity contribution in [3.05, 3.63) is 65.9 Å². The third-order valence-corrected chi connectivity index (χ3v) is 7.32. The van der Waals surface area contributed by atoms with Crippen LogP contribution in [0.4, 0.5) is 5.69 Å². The van der Waals surface area contributed by atoms with Crippen LogP contribution in [0.1, 0.15) is 62.0 Å². The van der Waals surface area contributed by atoms with E-state index in [1.54, 1.807) is 12.1 Å². The Kier molecular flexibility index (Phi) is 5.09. The lowest BCUT2D eigenvalue weighted by molar-refractivity contribution is -0.144. The fourth-order valence-corrected chi connectivity index (χ4v) is 6.50. The molecule has 6 heteroatoms. The summed E-state index contributed by atoms with van der Waals surface area (Å²) in [6.07, 6.45) is 5.02. The number of likely N-dealkylation sites (tertiary alicyclic amines) is 1. The van der Waals surface area contributed by atoms with E-state index in [1.807, 2.05) is 42.6 Å². The van der Waals surface area contributed by atoms with E-state index < -0.39 is 12.0 Å². The van der Waals surface area contributed by atoms with Crippen molar-refractivity contribution in [3.63, 3.8) is 0 Å². The maximum Gasteiger partial charge on any atom is 0.325 e. The lowest BCUT2D eigenvalue weighted by Gasteiger charge is -2.40. The molecule has 2 bridgehead atoms. The molecule has 1 aromatic heterocycles. The second kappa shape index (κ2) is 7.73. The number of nitrogens with zero attached hydrogens (tertiary/aromatic N) is 1. The number of carboxylic acid groups (broad SMARTS) is 1. The van der Waals surface area contributed by atoms with Gasteiger partial charge in [0.2, 0.25) is 0 Å². The molecule has 2 aliphatic rings. The minimum absolute atomic E-state index is 0.154. The number of fused-ring (bicyclic) bond motifs is 3. The summed E-state index contributed by atoms with van der Waals surface area (Å²) < 4.78 is 0. The van der Waals surface area contributed by atoms with Gasteiger partial charge in [-0.15, -0.1) is 0 Å². The Morgan fingerprint density at radius 3 is 2.61 bits per heavy atom. The number of nitrogens with one attached hydrogen (secondary N) is 2. The Labute approximate surface area is 194 Å². The number of aromatic amines is 1. The zero-order chi connectivity index (χ0) is 23.4. The number of H-pyrrole nitrogens is 1. The number of hydrogen-bond acceptors (Lipinski definition) is 3. The van der Waals surface area contributed by atoms with Crippen molar-refractivity contribution in [1.82, 2.24) is 9.88 Å². The molecule has 2 fully saturated rings. The molecule has 0 unspecified atom stereocenters. The minimum Gasteiger partial charge on any atom is -0.480 e. The molecule has 1 aliphatic heterocycles. The lowest BCUT2D eigenvalue weighted by atomic mass is 9.65. The first-order valence-corrected chi connectivity index (χ1v) is 11.6. The normalized spacial score (nSPS) is 25.1. The molecule has 0 spiro atoms. The van der Waals surface area contributed by atoms with Crippen LogP contribution >= 0.6 is 0 Å². The highest BCUT2D eigenvalue weighted by Crippen LogP contribution is 2.54. The van der Waals surface area contributed by atoms with E-state index in [4.69, 9.17) is 0 Å². The maximum absolute atomic E-state index is 12.5. The largest absolute Gasteiger partial charge is 0.480 e. The molecule has 1 amide bonds. The number of anilines is 1. The van der Waals surface area contributed by atoms with Crippen molar-refractivity contribution >= 4 is 28.5 Å². The molecule has 2 aromatic carbocycles. The van der Waals surface area contributed by atoms with E-state index in [1.165, 1.54) is 0 Å². The average molecular weight is 446 g/mol. The fourth-order valence-electron chi connectivity index (χ4n) is 6.50. The van der Waals surface area contributed by atoms with E-state index in [2.05, 4.69) is 36.0 Å². The molecule has 3 aromatic rings. The molecule has 1 saturated heterocycles. The molecule has 0 radical (unpaired) electrons. The summed E-state index contributed by atoms with van der Waals surface area (Å²) in [6, 6.07) is 14.3. The van der Waals surface area contributed by atoms with E-state index in [0.29, 0.717) is 11.3 Å². The third kappa shape index (κ3) is 4.04. The molecule has 2 heterocycles. The number of amides is 1. The topological polar surface area (TPSA) is 85.4 Å². The van der Waals surface area contributed by atoms with Crippen LogP contribution < -0.4 is 5.32 Å². The predicted octanol–water partition coefficient (Wildman–Crippen LogP) is 5.45. The number of benzene rings is 2. The van der Waals surface area contributed by atoms with E-state index in [9.17, 15) is 14.7 Å². The minimum atomic E-state index is -0.814. The summed E-state index contributed by atoms with van der Waals surface area (Å²) in [5, 5.41) is 14.1. The average Bonchev–Trinajstić information content (AvgIpc) is 3.25. The summed E-state index contributed by atoms with van der Waals surface area (Å²) in [4.78, 5) is 30.5. The van der Waals surface area contributed by atoms with Crippen molar-refractivity contribution in [2.75, 3.05) is 11.9 Å². The van der Waals surface area contributed by atoms with E-state index >= 15 is 0 Å². The van der Waals surface area contributed by atoms with Crippen LogP contribution in [-0.2, 0) is 4.79 Å². The van der Waals surface area contributed by atoms with E-state index in [0.717, 1.165) is 42.3 Å². The first-order valence-electron chi connectivity index (χ1n) is 11.6. The Hall–Kier alpha value is -3.12. The van der Waals surface area contributed by atoms with Crippen molar-refractivity contribution < 1.29 is 14.7 Å². The number of carbonyl (C=O) groups is 2. The molecule has 33 heavy (non-hydrogen) atoms. The van der Waals surface area contributed by atoms with Gasteiger partial charge in [0.15, 0.2) is 0 Å². The maximum atomic E-state index is 12.5. The first kappa shape index (κ1) is 21.7. The van der Waals surface area contributed by atoms with Gasteiger partial charge in [-0.25, -0.2) is 0 Å². The number of aliphatic carboxylic acids is 1. The van der Waals surface area contributed by atoms with Gasteiger partial charge in [0.25, 0.3) is 5.91 Å². The standard InChI is InChI=1S/C27H31N3O3/c1-26(2)12-19-13-27(3,15-26)16-30(19)23(25(32)33)21-14-28-22-11-18(9-10-20(21)22)29-24(31)17-7-5-4-6-8-17/h4-11,14,19,23,28H,12-13,15-16H2,1-3H3,(H,29,31)(H,32,33)/t19-,23-,27-/m0/s1. The summed E-state index contributed by atoms with van der Waals surface area (Å²) in [7, 11) is 0. The molecule has 6 nitrogen and oxygen atoms in total. The number of aromatic nitrogens is 1. The van der Waals surface area contributed by atoms with Crippen LogP contribution in [0.25, 0.3) is 10.9 Å². The summed E-state index contributed by atoms with van der Waals surface area (Å²) >= 11 is 0. The number of rotatable bonds is 5. The van der Waals surface area contributed by atoms with Crippen LogP contribution in [0.5, 0.6) is 0 Å².